The molecule has 3 N–H and O–H groups in total. The van der Waals surface area contributed by atoms with Gasteiger partial charge in [0.25, 0.3) is 0 Å². The average Bonchev–Trinajstić information content (AvgIpc) is 2.73. The minimum absolute atomic E-state index is 0.0712. The van der Waals surface area contributed by atoms with Gasteiger partial charge in [-0.1, -0.05) is 37.3 Å². The lowest BCUT2D eigenvalue weighted by molar-refractivity contribution is 0.0632. The third kappa shape index (κ3) is 4.77. The van der Waals surface area contributed by atoms with Crippen molar-refractivity contribution in [3.63, 3.8) is 0 Å². The minimum Gasteiger partial charge on any atom is -0.486 e. The minimum atomic E-state index is -0.0712. The molecule has 2 heterocycles. The molecule has 3 aromatic rings. The van der Waals surface area contributed by atoms with Crippen molar-refractivity contribution in [3.8, 4) is 11.5 Å². The van der Waals surface area contributed by atoms with Gasteiger partial charge < -0.3 is 20.5 Å². The number of hydrogen-bond acceptors (Lipinski definition) is 8. The highest BCUT2D eigenvalue weighted by atomic mass is 16.6. The topological polar surface area (TPSA) is 98.4 Å². The number of likely N-dealkylation sites (N-methyl/N-ethyl adjacent to an activating group) is 1. The summed E-state index contributed by atoms with van der Waals surface area (Å²) in [6, 6.07) is 15.8. The molecule has 0 fully saturated rings. The van der Waals surface area contributed by atoms with Gasteiger partial charge in [0.2, 0.25) is 11.9 Å². The Morgan fingerprint density at radius 2 is 1.83 bits per heavy atom. The molecule has 8 heteroatoms. The number of nitrogens with two attached hydrogens (primary N) is 1. The SMILES string of the molecule is CCc1ccccc1Nc1nc(N)nc(CN(C)C[C@H]2COc3ccccc3O2)n1. The number of rotatable bonds is 7. The number of aromatic nitrogens is 3. The third-order valence-corrected chi connectivity index (χ3v) is 4.84. The zero-order valence-corrected chi connectivity index (χ0v) is 17.2. The van der Waals surface area contributed by atoms with E-state index in [0.717, 1.165) is 23.6 Å². The molecule has 1 atom stereocenters. The zero-order valence-electron chi connectivity index (χ0n) is 17.2. The first kappa shape index (κ1) is 19.9. The molecule has 0 spiro atoms. The number of para-hydroxylation sites is 3. The first-order valence-electron chi connectivity index (χ1n) is 10.0. The molecule has 0 aliphatic carbocycles. The van der Waals surface area contributed by atoms with Gasteiger partial charge in [-0.15, -0.1) is 0 Å². The molecule has 4 rings (SSSR count). The second kappa shape index (κ2) is 8.96. The van der Waals surface area contributed by atoms with E-state index >= 15 is 0 Å². The van der Waals surface area contributed by atoms with Crippen molar-refractivity contribution in [1.29, 1.82) is 0 Å². The lowest BCUT2D eigenvalue weighted by Crippen LogP contribution is -2.39. The van der Waals surface area contributed by atoms with Gasteiger partial charge in [0.05, 0.1) is 6.54 Å². The number of anilines is 3. The largest absolute Gasteiger partial charge is 0.486 e. The van der Waals surface area contributed by atoms with Crippen LogP contribution in [0.2, 0.25) is 0 Å². The normalized spacial score (nSPS) is 15.2. The Bertz CT molecular complexity index is 1010. The number of nitrogens with zero attached hydrogens (tertiary/aromatic N) is 4. The van der Waals surface area contributed by atoms with Crippen molar-refractivity contribution in [2.24, 2.45) is 0 Å². The number of aryl methyl sites for hydroxylation is 1. The third-order valence-electron chi connectivity index (χ3n) is 4.84. The standard InChI is InChI=1S/C22H26N6O2/c1-3-15-8-4-5-9-17(15)24-22-26-20(25-21(23)27-22)13-28(2)12-16-14-29-18-10-6-7-11-19(18)30-16/h4-11,16H,3,12-14H2,1-2H3,(H3,23,24,25,26,27)/t16-/m0/s1. The summed E-state index contributed by atoms with van der Waals surface area (Å²) in [5, 5.41) is 3.26. The Morgan fingerprint density at radius 1 is 1.07 bits per heavy atom. The van der Waals surface area contributed by atoms with E-state index in [2.05, 4.69) is 38.2 Å². The van der Waals surface area contributed by atoms with Gasteiger partial charge in [-0.3, -0.25) is 4.90 Å². The molecule has 1 aromatic heterocycles. The maximum absolute atomic E-state index is 6.04. The molecule has 0 saturated heterocycles. The van der Waals surface area contributed by atoms with Crippen LogP contribution in [0.1, 0.15) is 18.3 Å². The van der Waals surface area contributed by atoms with E-state index in [1.165, 1.54) is 5.56 Å². The van der Waals surface area contributed by atoms with Gasteiger partial charge in [-0.2, -0.15) is 15.0 Å². The van der Waals surface area contributed by atoms with E-state index < -0.39 is 0 Å². The lowest BCUT2D eigenvalue weighted by atomic mass is 10.1. The highest BCUT2D eigenvalue weighted by Crippen LogP contribution is 2.31. The monoisotopic (exact) mass is 406 g/mol. The fourth-order valence-corrected chi connectivity index (χ4v) is 3.44. The smallest absolute Gasteiger partial charge is 0.232 e. The quantitative estimate of drug-likeness (QED) is 0.618. The van der Waals surface area contributed by atoms with Crippen molar-refractivity contribution in [2.75, 3.05) is 31.2 Å². The van der Waals surface area contributed by atoms with Gasteiger partial charge >= 0.3 is 0 Å². The van der Waals surface area contributed by atoms with Crippen LogP contribution in [-0.4, -0.2) is 46.2 Å². The van der Waals surface area contributed by atoms with Crippen molar-refractivity contribution in [1.82, 2.24) is 19.9 Å². The van der Waals surface area contributed by atoms with E-state index in [9.17, 15) is 0 Å². The maximum Gasteiger partial charge on any atom is 0.232 e. The first-order chi connectivity index (χ1) is 14.6. The van der Waals surface area contributed by atoms with E-state index in [-0.39, 0.29) is 12.1 Å². The van der Waals surface area contributed by atoms with Crippen LogP contribution in [0.3, 0.4) is 0 Å². The molecule has 8 nitrogen and oxygen atoms in total. The summed E-state index contributed by atoms with van der Waals surface area (Å²) < 4.78 is 11.8. The van der Waals surface area contributed by atoms with E-state index in [0.29, 0.717) is 31.5 Å². The van der Waals surface area contributed by atoms with Crippen LogP contribution in [0, 0.1) is 0 Å². The average molecular weight is 406 g/mol. The van der Waals surface area contributed by atoms with Crippen LogP contribution in [0.5, 0.6) is 11.5 Å². The predicted octanol–water partition coefficient (Wildman–Crippen LogP) is 3.03. The van der Waals surface area contributed by atoms with Crippen molar-refractivity contribution in [3.05, 3.63) is 59.9 Å². The van der Waals surface area contributed by atoms with Crippen LogP contribution in [-0.2, 0) is 13.0 Å². The van der Waals surface area contributed by atoms with Crippen LogP contribution >= 0.6 is 0 Å². The molecule has 0 bridgehead atoms. The summed E-state index contributed by atoms with van der Waals surface area (Å²) in [5.74, 6) is 2.78. The Balaban J connectivity index is 1.41. The summed E-state index contributed by atoms with van der Waals surface area (Å²) in [6.45, 7) is 3.79. The van der Waals surface area contributed by atoms with E-state index in [4.69, 9.17) is 15.2 Å². The number of benzene rings is 2. The Morgan fingerprint density at radius 3 is 2.67 bits per heavy atom. The second-order valence-electron chi connectivity index (χ2n) is 7.26. The second-order valence-corrected chi connectivity index (χ2v) is 7.26. The fourth-order valence-electron chi connectivity index (χ4n) is 3.44. The highest BCUT2D eigenvalue weighted by molar-refractivity contribution is 5.58. The number of nitrogen functional groups attached to an aromatic ring is 1. The molecular formula is C22H26N6O2. The molecule has 0 radical (unpaired) electrons. The summed E-state index contributed by atoms with van der Waals surface area (Å²) >= 11 is 0. The van der Waals surface area contributed by atoms with Gasteiger partial charge in [-0.25, -0.2) is 0 Å². The van der Waals surface area contributed by atoms with Gasteiger partial charge in [0, 0.05) is 12.2 Å². The van der Waals surface area contributed by atoms with Crippen molar-refractivity contribution >= 4 is 17.6 Å². The summed E-state index contributed by atoms with van der Waals surface area (Å²) in [7, 11) is 1.99. The molecule has 2 aromatic carbocycles. The maximum atomic E-state index is 6.04. The molecule has 0 saturated carbocycles. The first-order valence-corrected chi connectivity index (χ1v) is 10.0. The molecule has 156 valence electrons. The van der Waals surface area contributed by atoms with Gasteiger partial charge in [0.15, 0.2) is 11.5 Å². The summed E-state index contributed by atoms with van der Waals surface area (Å²) in [5.41, 5.74) is 8.09. The number of hydrogen-bond donors (Lipinski definition) is 2. The molecule has 0 unspecified atom stereocenters. The highest BCUT2D eigenvalue weighted by Gasteiger charge is 2.22. The van der Waals surface area contributed by atoms with Crippen molar-refractivity contribution in [2.45, 2.75) is 26.0 Å². The van der Waals surface area contributed by atoms with Gasteiger partial charge in [0.1, 0.15) is 18.5 Å². The van der Waals surface area contributed by atoms with Gasteiger partial charge in [-0.05, 0) is 37.2 Å². The number of nitrogens with one attached hydrogen (secondary N) is 1. The molecule has 30 heavy (non-hydrogen) atoms. The van der Waals surface area contributed by atoms with E-state index in [1.54, 1.807) is 0 Å². The Hall–Kier alpha value is -3.39. The van der Waals surface area contributed by atoms with Crippen LogP contribution in [0.25, 0.3) is 0 Å². The fraction of sp³-hybridized carbons (Fsp3) is 0.318. The Labute approximate surface area is 176 Å². The van der Waals surface area contributed by atoms with E-state index in [1.807, 2.05) is 49.5 Å². The van der Waals surface area contributed by atoms with Crippen LogP contribution in [0.4, 0.5) is 17.6 Å². The number of fused-ring (bicyclic) bond motifs is 1. The number of ether oxygens (including phenoxy) is 2. The lowest BCUT2D eigenvalue weighted by Gasteiger charge is -2.29. The van der Waals surface area contributed by atoms with Crippen LogP contribution < -0.4 is 20.5 Å². The summed E-state index contributed by atoms with van der Waals surface area (Å²) in [4.78, 5) is 15.2. The zero-order chi connectivity index (χ0) is 20.9. The van der Waals surface area contributed by atoms with Crippen LogP contribution in [0.15, 0.2) is 48.5 Å². The molecule has 1 aliphatic rings. The molecule has 1 aliphatic heterocycles. The molecular weight excluding hydrogens is 380 g/mol. The predicted molar refractivity (Wildman–Crippen MR) is 116 cm³/mol. The Kier molecular flexibility index (Phi) is 5.94. The van der Waals surface area contributed by atoms with Crippen molar-refractivity contribution < 1.29 is 9.47 Å². The summed E-state index contributed by atoms with van der Waals surface area (Å²) in [6.07, 6.45) is 0.837. The molecule has 0 amide bonds.